The number of fused-ring (bicyclic) bond motifs is 1. The quantitative estimate of drug-likeness (QED) is 0.799. The van der Waals surface area contributed by atoms with Gasteiger partial charge in [-0.2, -0.15) is 0 Å². The molecular formula is C18H17N. The first kappa shape index (κ1) is 11.9. The minimum atomic E-state index is 0.503. The van der Waals surface area contributed by atoms with Crippen molar-refractivity contribution < 1.29 is 0 Å². The first-order valence-electron chi connectivity index (χ1n) is 6.75. The molecule has 0 radical (unpaired) electrons. The van der Waals surface area contributed by atoms with Gasteiger partial charge in [0.1, 0.15) is 0 Å². The lowest BCUT2D eigenvalue weighted by Crippen LogP contribution is -2.27. The molecule has 0 aromatic heterocycles. The third kappa shape index (κ3) is 2.63. The number of benzene rings is 2. The molecule has 1 nitrogen and oxygen atoms in total. The average molecular weight is 247 g/mol. The summed E-state index contributed by atoms with van der Waals surface area (Å²) in [6.07, 6.45) is 8.86. The molecule has 0 saturated carbocycles. The Bertz CT molecular complexity index is 622. The van der Waals surface area contributed by atoms with E-state index in [1.807, 2.05) is 18.2 Å². The molecule has 19 heavy (non-hydrogen) atoms. The van der Waals surface area contributed by atoms with Crippen molar-refractivity contribution in [1.82, 2.24) is 0 Å². The van der Waals surface area contributed by atoms with E-state index in [-0.39, 0.29) is 0 Å². The van der Waals surface area contributed by atoms with Crippen molar-refractivity contribution in [2.24, 2.45) is 0 Å². The van der Waals surface area contributed by atoms with Crippen LogP contribution in [0.5, 0.6) is 0 Å². The fourth-order valence-corrected chi connectivity index (χ4v) is 2.76. The summed E-state index contributed by atoms with van der Waals surface area (Å²) in [6.45, 7) is 0. The van der Waals surface area contributed by atoms with Gasteiger partial charge in [0.05, 0.1) is 0 Å². The molecule has 2 aromatic carbocycles. The monoisotopic (exact) mass is 247 g/mol. The van der Waals surface area contributed by atoms with Gasteiger partial charge in [-0.25, -0.2) is 0 Å². The van der Waals surface area contributed by atoms with Crippen LogP contribution in [0.3, 0.4) is 0 Å². The van der Waals surface area contributed by atoms with Gasteiger partial charge in [0.25, 0.3) is 0 Å². The van der Waals surface area contributed by atoms with Crippen LogP contribution in [0.1, 0.15) is 23.1 Å². The van der Waals surface area contributed by atoms with Crippen molar-refractivity contribution in [2.75, 3.05) is 5.32 Å². The summed E-state index contributed by atoms with van der Waals surface area (Å²) in [7, 11) is 0. The Morgan fingerprint density at radius 2 is 1.89 bits per heavy atom. The van der Waals surface area contributed by atoms with Gasteiger partial charge in [0, 0.05) is 17.3 Å². The Hall–Kier alpha value is -2.20. The van der Waals surface area contributed by atoms with E-state index in [0.717, 1.165) is 24.1 Å². The SMILES string of the molecule is C#Cc1cccc(NC2CCc3ccccc3C2)c1. The van der Waals surface area contributed by atoms with Crippen molar-refractivity contribution in [3.05, 3.63) is 65.2 Å². The largest absolute Gasteiger partial charge is 0.382 e. The molecule has 0 bridgehead atoms. The van der Waals surface area contributed by atoms with Crippen LogP contribution in [0.25, 0.3) is 0 Å². The first-order chi connectivity index (χ1) is 9.35. The summed E-state index contributed by atoms with van der Waals surface area (Å²) >= 11 is 0. The van der Waals surface area contributed by atoms with E-state index < -0.39 is 0 Å². The molecule has 94 valence electrons. The number of hydrogen-bond acceptors (Lipinski definition) is 1. The number of terminal acetylenes is 1. The molecule has 1 atom stereocenters. The van der Waals surface area contributed by atoms with Gasteiger partial charge in [-0.15, -0.1) is 6.42 Å². The van der Waals surface area contributed by atoms with Crippen LogP contribution in [-0.2, 0) is 12.8 Å². The highest BCUT2D eigenvalue weighted by Gasteiger charge is 2.17. The molecular weight excluding hydrogens is 230 g/mol. The number of anilines is 1. The molecule has 0 fully saturated rings. The molecule has 1 aliphatic rings. The van der Waals surface area contributed by atoms with Crippen LogP contribution in [0.15, 0.2) is 48.5 Å². The van der Waals surface area contributed by atoms with E-state index in [1.165, 1.54) is 17.5 Å². The smallest absolute Gasteiger partial charge is 0.0354 e. The summed E-state index contributed by atoms with van der Waals surface area (Å²) in [5, 5.41) is 3.60. The average Bonchev–Trinajstić information content (AvgIpc) is 2.47. The molecule has 2 aromatic rings. The lowest BCUT2D eigenvalue weighted by Gasteiger charge is -2.26. The van der Waals surface area contributed by atoms with E-state index >= 15 is 0 Å². The van der Waals surface area contributed by atoms with Gasteiger partial charge < -0.3 is 5.32 Å². The van der Waals surface area contributed by atoms with E-state index in [2.05, 4.69) is 41.6 Å². The maximum atomic E-state index is 5.44. The molecule has 1 N–H and O–H groups in total. The van der Waals surface area contributed by atoms with Crippen LogP contribution in [-0.4, -0.2) is 6.04 Å². The fourth-order valence-electron chi connectivity index (χ4n) is 2.76. The molecule has 0 aliphatic heterocycles. The normalized spacial score (nSPS) is 17.3. The second-order valence-electron chi connectivity index (χ2n) is 5.08. The lowest BCUT2D eigenvalue weighted by atomic mass is 9.88. The Balaban J connectivity index is 1.74. The zero-order valence-electron chi connectivity index (χ0n) is 10.9. The summed E-state index contributed by atoms with van der Waals surface area (Å²) < 4.78 is 0. The summed E-state index contributed by atoms with van der Waals surface area (Å²) in [5.74, 6) is 2.68. The predicted octanol–water partition coefficient (Wildman–Crippen LogP) is 3.64. The van der Waals surface area contributed by atoms with Gasteiger partial charge in [0.15, 0.2) is 0 Å². The van der Waals surface area contributed by atoms with E-state index in [0.29, 0.717) is 6.04 Å². The van der Waals surface area contributed by atoms with Crippen molar-refractivity contribution >= 4 is 5.69 Å². The third-order valence-corrected chi connectivity index (χ3v) is 3.75. The van der Waals surface area contributed by atoms with E-state index in [9.17, 15) is 0 Å². The molecule has 0 amide bonds. The van der Waals surface area contributed by atoms with Crippen LogP contribution in [0, 0.1) is 12.3 Å². The fraction of sp³-hybridized carbons (Fsp3) is 0.222. The minimum Gasteiger partial charge on any atom is -0.382 e. The summed E-state index contributed by atoms with van der Waals surface area (Å²) in [6, 6.07) is 17.3. The molecule has 3 rings (SSSR count). The van der Waals surface area contributed by atoms with E-state index in [4.69, 9.17) is 6.42 Å². The molecule has 1 aliphatic carbocycles. The van der Waals surface area contributed by atoms with Crippen LogP contribution < -0.4 is 5.32 Å². The highest BCUT2D eigenvalue weighted by atomic mass is 14.9. The van der Waals surface area contributed by atoms with Crippen LogP contribution in [0.2, 0.25) is 0 Å². The third-order valence-electron chi connectivity index (χ3n) is 3.75. The van der Waals surface area contributed by atoms with E-state index in [1.54, 1.807) is 0 Å². The lowest BCUT2D eigenvalue weighted by molar-refractivity contribution is 0.611. The standard InChI is InChI=1S/C18H17N/c1-2-14-6-5-9-17(12-14)19-18-11-10-15-7-3-4-8-16(15)13-18/h1,3-9,12,18-19H,10-11,13H2. The summed E-state index contributed by atoms with van der Waals surface area (Å²) in [5.41, 5.74) is 5.03. The highest BCUT2D eigenvalue weighted by Crippen LogP contribution is 2.23. The zero-order valence-corrected chi connectivity index (χ0v) is 10.9. The zero-order chi connectivity index (χ0) is 13.1. The molecule has 1 heteroatoms. The van der Waals surface area contributed by atoms with Gasteiger partial charge >= 0.3 is 0 Å². The first-order valence-corrected chi connectivity index (χ1v) is 6.75. The molecule has 0 spiro atoms. The van der Waals surface area contributed by atoms with Crippen molar-refractivity contribution in [2.45, 2.75) is 25.3 Å². The number of rotatable bonds is 2. The van der Waals surface area contributed by atoms with Gasteiger partial charge in [-0.3, -0.25) is 0 Å². The second-order valence-corrected chi connectivity index (χ2v) is 5.08. The summed E-state index contributed by atoms with van der Waals surface area (Å²) in [4.78, 5) is 0. The topological polar surface area (TPSA) is 12.0 Å². The minimum absolute atomic E-state index is 0.503. The molecule has 1 unspecified atom stereocenters. The van der Waals surface area contributed by atoms with Gasteiger partial charge in [-0.1, -0.05) is 36.3 Å². The van der Waals surface area contributed by atoms with Crippen molar-refractivity contribution in [3.63, 3.8) is 0 Å². The number of hydrogen-bond donors (Lipinski definition) is 1. The predicted molar refractivity (Wildman–Crippen MR) is 80.3 cm³/mol. The maximum absolute atomic E-state index is 5.44. The maximum Gasteiger partial charge on any atom is 0.0354 e. The molecule has 0 heterocycles. The van der Waals surface area contributed by atoms with Crippen LogP contribution in [0.4, 0.5) is 5.69 Å². The molecule has 0 saturated heterocycles. The highest BCUT2D eigenvalue weighted by molar-refractivity contribution is 5.51. The van der Waals surface area contributed by atoms with Gasteiger partial charge in [0.2, 0.25) is 0 Å². The Morgan fingerprint density at radius 1 is 1.05 bits per heavy atom. The number of nitrogens with one attached hydrogen (secondary N) is 1. The van der Waals surface area contributed by atoms with Crippen LogP contribution >= 0.6 is 0 Å². The Morgan fingerprint density at radius 3 is 2.74 bits per heavy atom. The van der Waals surface area contributed by atoms with Crippen molar-refractivity contribution in [1.29, 1.82) is 0 Å². The Kier molecular flexibility index (Phi) is 3.25. The Labute approximate surface area is 114 Å². The second kappa shape index (κ2) is 5.20. The van der Waals surface area contributed by atoms with Gasteiger partial charge in [-0.05, 0) is 48.6 Å². The van der Waals surface area contributed by atoms with Crippen molar-refractivity contribution in [3.8, 4) is 12.3 Å². The number of aryl methyl sites for hydroxylation is 1.